The Morgan fingerprint density at radius 3 is 1.42 bits per heavy atom. The lowest BCUT2D eigenvalue weighted by molar-refractivity contribution is 0.669. The topological polar surface area (TPSA) is 51.8 Å². The number of aromatic nitrogens is 3. The first kappa shape index (κ1) is 35.7. The number of nitrogens with zero attached hydrogens (tertiary/aromatic N) is 3. The van der Waals surface area contributed by atoms with Crippen molar-refractivity contribution in [3.05, 3.63) is 247 Å². The van der Waals surface area contributed by atoms with Crippen LogP contribution in [0.25, 0.3) is 89.5 Å². The Morgan fingerprint density at radius 2 is 0.790 bits per heavy atom. The molecule has 4 nitrogen and oxygen atoms in total. The van der Waals surface area contributed by atoms with Crippen molar-refractivity contribution in [1.82, 2.24) is 15.0 Å². The maximum Gasteiger partial charge on any atom is 0.164 e. The van der Waals surface area contributed by atoms with Gasteiger partial charge in [-0.1, -0.05) is 200 Å². The molecule has 2 aromatic heterocycles. The molecule has 0 amide bonds. The number of hydrogen-bond donors (Lipinski definition) is 0. The van der Waals surface area contributed by atoms with Crippen molar-refractivity contribution in [2.24, 2.45) is 0 Å². The molecule has 0 saturated heterocycles. The fraction of sp³-hybridized carbons (Fsp3) is 0.0172. The van der Waals surface area contributed by atoms with Gasteiger partial charge in [0.2, 0.25) is 0 Å². The zero-order valence-corrected chi connectivity index (χ0v) is 33.6. The Kier molecular flexibility index (Phi) is 8.36. The van der Waals surface area contributed by atoms with Crippen LogP contribution in [0.5, 0.6) is 0 Å². The van der Waals surface area contributed by atoms with Crippen molar-refractivity contribution in [1.29, 1.82) is 0 Å². The highest BCUT2D eigenvalue weighted by Gasteiger charge is 2.46. The van der Waals surface area contributed by atoms with E-state index in [1.54, 1.807) is 0 Å². The van der Waals surface area contributed by atoms with Crippen LogP contribution in [0.4, 0.5) is 0 Å². The van der Waals surface area contributed by atoms with Gasteiger partial charge in [0.05, 0.1) is 5.41 Å². The van der Waals surface area contributed by atoms with E-state index in [1.807, 2.05) is 72.8 Å². The number of benzene rings is 9. The van der Waals surface area contributed by atoms with Gasteiger partial charge >= 0.3 is 0 Å². The van der Waals surface area contributed by atoms with E-state index in [9.17, 15) is 0 Å². The van der Waals surface area contributed by atoms with Gasteiger partial charge in [0, 0.05) is 27.5 Å². The summed E-state index contributed by atoms with van der Waals surface area (Å²) in [7, 11) is 0. The Hall–Kier alpha value is -8.21. The van der Waals surface area contributed by atoms with Crippen LogP contribution in [0, 0.1) is 0 Å². The molecule has 290 valence electrons. The third-order valence-corrected chi connectivity index (χ3v) is 12.4. The molecule has 62 heavy (non-hydrogen) atoms. The highest BCUT2D eigenvalue weighted by atomic mass is 16.3. The molecule has 0 atom stereocenters. The highest BCUT2D eigenvalue weighted by molar-refractivity contribution is 6.13. The molecule has 4 heteroatoms. The van der Waals surface area contributed by atoms with Gasteiger partial charge in [-0.25, -0.2) is 15.0 Å². The summed E-state index contributed by atoms with van der Waals surface area (Å²) < 4.78 is 6.56. The second kappa shape index (κ2) is 14.5. The first-order chi connectivity index (χ1) is 30.7. The van der Waals surface area contributed by atoms with E-state index in [4.69, 9.17) is 19.4 Å². The lowest BCUT2D eigenvalue weighted by atomic mass is 9.67. The average Bonchev–Trinajstić information content (AvgIpc) is 3.88. The molecule has 0 saturated carbocycles. The molecule has 9 aromatic carbocycles. The van der Waals surface area contributed by atoms with Crippen LogP contribution in [0.15, 0.2) is 229 Å². The Morgan fingerprint density at radius 1 is 0.306 bits per heavy atom. The van der Waals surface area contributed by atoms with Crippen molar-refractivity contribution in [3.8, 4) is 67.5 Å². The number of rotatable bonds is 7. The standard InChI is InChI=1S/C58H37N3O/c1-5-18-38(19-6-1)55-59-56(39-20-7-2-8-21-39)61-57(60-55)47-29-17-31-53-54(47)49-37-41(33-35-52(49)62-53)45-27-14-13-26-44(45)40-32-34-51-48(36-40)46-28-15-16-30-50(46)58(51,42-22-9-3-10-23-42)43-24-11-4-12-25-43/h1-37H. The van der Waals surface area contributed by atoms with Crippen molar-refractivity contribution < 1.29 is 4.42 Å². The number of furan rings is 1. The smallest absolute Gasteiger partial charge is 0.164 e. The quantitative estimate of drug-likeness (QED) is 0.161. The van der Waals surface area contributed by atoms with Gasteiger partial charge in [-0.3, -0.25) is 0 Å². The van der Waals surface area contributed by atoms with Crippen LogP contribution >= 0.6 is 0 Å². The molecule has 0 fully saturated rings. The minimum atomic E-state index is -0.445. The third-order valence-electron chi connectivity index (χ3n) is 12.4. The maximum atomic E-state index is 6.56. The molecule has 0 unspecified atom stereocenters. The van der Waals surface area contributed by atoms with Crippen LogP contribution in [0.3, 0.4) is 0 Å². The molecule has 11 aromatic rings. The minimum absolute atomic E-state index is 0.445. The average molecular weight is 792 g/mol. The molecule has 0 spiro atoms. The molecule has 0 radical (unpaired) electrons. The fourth-order valence-corrected chi connectivity index (χ4v) is 9.71. The van der Waals surface area contributed by atoms with Gasteiger partial charge in [-0.05, 0) is 79.9 Å². The van der Waals surface area contributed by atoms with Gasteiger partial charge in [-0.15, -0.1) is 0 Å². The lowest BCUT2D eigenvalue weighted by Crippen LogP contribution is -2.28. The summed E-state index contributed by atoms with van der Waals surface area (Å²) in [6.07, 6.45) is 0. The summed E-state index contributed by atoms with van der Waals surface area (Å²) in [5.41, 5.74) is 16.1. The second-order valence-corrected chi connectivity index (χ2v) is 15.9. The van der Waals surface area contributed by atoms with Gasteiger partial charge in [0.1, 0.15) is 11.2 Å². The van der Waals surface area contributed by atoms with E-state index >= 15 is 0 Å². The molecular weight excluding hydrogens is 755 g/mol. The monoisotopic (exact) mass is 791 g/mol. The van der Waals surface area contributed by atoms with Crippen molar-refractivity contribution in [3.63, 3.8) is 0 Å². The van der Waals surface area contributed by atoms with E-state index in [-0.39, 0.29) is 0 Å². The minimum Gasteiger partial charge on any atom is -0.456 e. The highest BCUT2D eigenvalue weighted by Crippen LogP contribution is 2.57. The SMILES string of the molecule is c1ccc(-c2nc(-c3ccccc3)nc(-c3cccc4oc5ccc(-c6ccccc6-c6ccc7c(c6)-c6ccccc6C7(c6ccccc6)c6ccccc6)cc5c34)n2)cc1. The Bertz CT molecular complexity index is 3350. The normalized spacial score (nSPS) is 12.6. The molecule has 1 aliphatic rings. The van der Waals surface area contributed by atoms with Crippen LogP contribution in [-0.4, -0.2) is 15.0 Å². The summed E-state index contributed by atoms with van der Waals surface area (Å²) >= 11 is 0. The largest absolute Gasteiger partial charge is 0.456 e. The van der Waals surface area contributed by atoms with E-state index < -0.39 is 5.41 Å². The molecule has 0 bridgehead atoms. The van der Waals surface area contributed by atoms with Crippen molar-refractivity contribution in [2.45, 2.75) is 5.41 Å². The van der Waals surface area contributed by atoms with E-state index in [0.29, 0.717) is 17.5 Å². The second-order valence-electron chi connectivity index (χ2n) is 15.9. The summed E-state index contributed by atoms with van der Waals surface area (Å²) in [6.45, 7) is 0. The summed E-state index contributed by atoms with van der Waals surface area (Å²) in [5.74, 6) is 1.84. The van der Waals surface area contributed by atoms with Crippen LogP contribution in [0.2, 0.25) is 0 Å². The van der Waals surface area contributed by atoms with E-state index in [0.717, 1.165) is 60.9 Å². The zero-order chi connectivity index (χ0) is 41.0. The van der Waals surface area contributed by atoms with Gasteiger partial charge in [0.25, 0.3) is 0 Å². The van der Waals surface area contributed by atoms with E-state index in [1.165, 1.54) is 33.4 Å². The van der Waals surface area contributed by atoms with Crippen LogP contribution < -0.4 is 0 Å². The lowest BCUT2D eigenvalue weighted by Gasteiger charge is -2.33. The summed E-state index contributed by atoms with van der Waals surface area (Å²) in [5, 5.41) is 1.97. The Balaban J connectivity index is 1.02. The van der Waals surface area contributed by atoms with Gasteiger partial charge in [-0.2, -0.15) is 0 Å². The molecule has 12 rings (SSSR count). The predicted octanol–water partition coefficient (Wildman–Crippen LogP) is 14.5. The van der Waals surface area contributed by atoms with E-state index in [2.05, 4.69) is 152 Å². The molecule has 2 heterocycles. The molecule has 1 aliphatic carbocycles. The Labute approximate surface area is 359 Å². The maximum absolute atomic E-state index is 6.56. The van der Waals surface area contributed by atoms with Gasteiger partial charge in [0.15, 0.2) is 17.5 Å². The molecular formula is C58H37N3O. The molecule has 0 N–H and O–H groups in total. The van der Waals surface area contributed by atoms with Crippen molar-refractivity contribution in [2.75, 3.05) is 0 Å². The molecule has 0 aliphatic heterocycles. The predicted molar refractivity (Wildman–Crippen MR) is 252 cm³/mol. The first-order valence-corrected chi connectivity index (χ1v) is 21.0. The summed E-state index contributed by atoms with van der Waals surface area (Å²) in [6, 6.07) is 79.5. The van der Waals surface area contributed by atoms with Crippen molar-refractivity contribution >= 4 is 21.9 Å². The van der Waals surface area contributed by atoms with Gasteiger partial charge < -0.3 is 4.42 Å². The first-order valence-electron chi connectivity index (χ1n) is 21.0. The summed E-state index contributed by atoms with van der Waals surface area (Å²) in [4.78, 5) is 15.1. The number of hydrogen-bond acceptors (Lipinski definition) is 4. The zero-order valence-electron chi connectivity index (χ0n) is 33.6. The fourth-order valence-electron chi connectivity index (χ4n) is 9.71. The third kappa shape index (κ3) is 5.65. The van der Waals surface area contributed by atoms with Crippen LogP contribution in [0.1, 0.15) is 22.3 Å². The number of fused-ring (bicyclic) bond motifs is 6. The van der Waals surface area contributed by atoms with Crippen LogP contribution in [-0.2, 0) is 5.41 Å².